The molecule has 0 amide bonds. The van der Waals surface area contributed by atoms with Gasteiger partial charge >= 0.3 is 0 Å². The molecule has 0 bridgehead atoms. The third kappa shape index (κ3) is 2.56. The molecular weight excluding hydrogens is 302 g/mol. The number of nitrogens with two attached hydrogens (primary N) is 1. The Kier molecular flexibility index (Phi) is 3.62. The molecule has 1 heterocycles. The highest BCUT2D eigenvalue weighted by molar-refractivity contribution is 7.92. The molecule has 21 heavy (non-hydrogen) atoms. The molecule has 0 fully saturated rings. The van der Waals surface area contributed by atoms with Crippen LogP contribution in [0, 0.1) is 25.5 Å². The standard InChI is InChI=1S/C12H14F2N4O2S/c1-6-12(7(2)18(3)16-6)17-21(19,20)9-5-4-8(13)11(15)10(9)14/h4-5,17H,15H2,1-3H3. The number of benzene rings is 1. The van der Waals surface area contributed by atoms with E-state index in [2.05, 4.69) is 9.82 Å². The SMILES string of the molecule is Cc1nn(C)c(C)c1NS(=O)(=O)c1ccc(F)c(N)c1F. The van der Waals surface area contributed by atoms with E-state index in [1.54, 1.807) is 20.9 Å². The number of hydrogen-bond acceptors (Lipinski definition) is 4. The van der Waals surface area contributed by atoms with Gasteiger partial charge in [-0.25, -0.2) is 17.2 Å². The highest BCUT2D eigenvalue weighted by atomic mass is 32.2. The predicted molar refractivity (Wildman–Crippen MR) is 74.3 cm³/mol. The van der Waals surface area contributed by atoms with Gasteiger partial charge in [0.2, 0.25) is 0 Å². The maximum atomic E-state index is 13.9. The molecule has 1 aromatic carbocycles. The number of rotatable bonds is 3. The smallest absolute Gasteiger partial charge is 0.265 e. The largest absolute Gasteiger partial charge is 0.394 e. The second kappa shape index (κ2) is 4.99. The number of nitrogens with zero attached hydrogens (tertiary/aromatic N) is 2. The van der Waals surface area contributed by atoms with Crippen molar-refractivity contribution in [2.24, 2.45) is 7.05 Å². The van der Waals surface area contributed by atoms with Gasteiger partial charge in [-0.1, -0.05) is 0 Å². The van der Waals surface area contributed by atoms with Crippen molar-refractivity contribution in [3.63, 3.8) is 0 Å². The lowest BCUT2D eigenvalue weighted by atomic mass is 10.3. The molecule has 0 saturated carbocycles. The fourth-order valence-electron chi connectivity index (χ4n) is 1.87. The summed E-state index contributed by atoms with van der Waals surface area (Å²) in [6.07, 6.45) is 0. The highest BCUT2D eigenvalue weighted by Crippen LogP contribution is 2.27. The van der Waals surface area contributed by atoms with E-state index >= 15 is 0 Å². The number of hydrogen-bond donors (Lipinski definition) is 2. The Bertz CT molecular complexity index is 815. The molecule has 2 rings (SSSR count). The first kappa shape index (κ1) is 15.2. The summed E-state index contributed by atoms with van der Waals surface area (Å²) in [5.41, 5.74) is 5.59. The second-order valence-electron chi connectivity index (χ2n) is 4.55. The van der Waals surface area contributed by atoms with E-state index in [4.69, 9.17) is 5.73 Å². The van der Waals surface area contributed by atoms with Crippen LogP contribution in [0.5, 0.6) is 0 Å². The van der Waals surface area contributed by atoms with Crippen LogP contribution in [0.3, 0.4) is 0 Å². The highest BCUT2D eigenvalue weighted by Gasteiger charge is 2.25. The lowest BCUT2D eigenvalue weighted by Gasteiger charge is -2.10. The molecule has 0 unspecified atom stereocenters. The zero-order valence-electron chi connectivity index (χ0n) is 11.6. The number of nitrogen functional groups attached to an aromatic ring is 1. The van der Waals surface area contributed by atoms with Gasteiger partial charge in [-0.15, -0.1) is 0 Å². The van der Waals surface area contributed by atoms with Gasteiger partial charge in [-0.3, -0.25) is 9.40 Å². The number of aryl methyl sites for hydroxylation is 2. The lowest BCUT2D eigenvalue weighted by Crippen LogP contribution is -2.17. The van der Waals surface area contributed by atoms with Crippen LogP contribution in [0.2, 0.25) is 0 Å². The zero-order valence-corrected chi connectivity index (χ0v) is 12.4. The Labute approximate surface area is 120 Å². The third-order valence-corrected chi connectivity index (χ3v) is 4.49. The summed E-state index contributed by atoms with van der Waals surface area (Å²) in [6.45, 7) is 3.27. The van der Waals surface area contributed by atoms with Crippen molar-refractivity contribution in [3.8, 4) is 0 Å². The quantitative estimate of drug-likeness (QED) is 0.843. The summed E-state index contributed by atoms with van der Waals surface area (Å²) in [5.74, 6) is -2.33. The van der Waals surface area contributed by atoms with Gasteiger partial charge < -0.3 is 5.73 Å². The first-order chi connectivity index (χ1) is 9.65. The molecule has 0 atom stereocenters. The van der Waals surface area contributed by atoms with Gasteiger partial charge in [0.25, 0.3) is 10.0 Å². The van der Waals surface area contributed by atoms with Crippen LogP contribution >= 0.6 is 0 Å². The Morgan fingerprint density at radius 1 is 1.29 bits per heavy atom. The number of halogens is 2. The molecule has 0 spiro atoms. The second-order valence-corrected chi connectivity index (χ2v) is 6.20. The van der Waals surface area contributed by atoms with Crippen LogP contribution in [-0.4, -0.2) is 18.2 Å². The summed E-state index contributed by atoms with van der Waals surface area (Å²) in [7, 11) is -2.59. The first-order valence-corrected chi connectivity index (χ1v) is 7.40. The van der Waals surface area contributed by atoms with Crippen molar-refractivity contribution >= 4 is 21.4 Å². The molecule has 0 aliphatic heterocycles. The molecule has 9 heteroatoms. The number of anilines is 2. The van der Waals surface area contributed by atoms with E-state index in [0.717, 1.165) is 12.1 Å². The Hall–Kier alpha value is -2.16. The summed E-state index contributed by atoms with van der Waals surface area (Å²) in [4.78, 5) is -0.718. The minimum atomic E-state index is -4.24. The van der Waals surface area contributed by atoms with Crippen molar-refractivity contribution in [2.75, 3.05) is 10.5 Å². The van der Waals surface area contributed by atoms with Gasteiger partial charge in [-0.05, 0) is 26.0 Å². The van der Waals surface area contributed by atoms with E-state index in [1.807, 2.05) is 0 Å². The minimum absolute atomic E-state index is 0.250. The molecule has 0 saturated heterocycles. The lowest BCUT2D eigenvalue weighted by molar-refractivity contribution is 0.557. The third-order valence-electron chi connectivity index (χ3n) is 3.13. The van der Waals surface area contributed by atoms with Crippen LogP contribution < -0.4 is 10.5 Å². The maximum absolute atomic E-state index is 13.9. The number of nitrogens with one attached hydrogen (secondary N) is 1. The molecule has 6 nitrogen and oxygen atoms in total. The summed E-state index contributed by atoms with van der Waals surface area (Å²) >= 11 is 0. The summed E-state index contributed by atoms with van der Waals surface area (Å²) in [6, 6.07) is 1.63. The molecule has 0 aliphatic carbocycles. The monoisotopic (exact) mass is 316 g/mol. The van der Waals surface area contributed by atoms with Crippen LogP contribution in [0.1, 0.15) is 11.4 Å². The molecular formula is C12H14F2N4O2S. The fourth-order valence-corrected chi connectivity index (χ4v) is 3.13. The van der Waals surface area contributed by atoms with Crippen molar-refractivity contribution in [2.45, 2.75) is 18.7 Å². The number of aromatic nitrogens is 2. The van der Waals surface area contributed by atoms with Gasteiger partial charge in [0.1, 0.15) is 16.4 Å². The van der Waals surface area contributed by atoms with Gasteiger partial charge in [0.05, 0.1) is 17.1 Å². The van der Waals surface area contributed by atoms with E-state index < -0.39 is 32.2 Å². The molecule has 0 aliphatic rings. The van der Waals surface area contributed by atoms with Crippen molar-refractivity contribution in [3.05, 3.63) is 35.2 Å². The molecule has 2 aromatic rings. The first-order valence-electron chi connectivity index (χ1n) is 5.91. The maximum Gasteiger partial charge on any atom is 0.265 e. The number of sulfonamides is 1. The van der Waals surface area contributed by atoms with E-state index in [1.165, 1.54) is 4.68 Å². The Morgan fingerprint density at radius 2 is 1.90 bits per heavy atom. The average Bonchev–Trinajstić information content (AvgIpc) is 2.62. The van der Waals surface area contributed by atoms with E-state index in [-0.39, 0.29) is 5.69 Å². The Balaban J connectivity index is 2.51. The average molecular weight is 316 g/mol. The van der Waals surface area contributed by atoms with Gasteiger partial charge in [0, 0.05) is 7.05 Å². The Morgan fingerprint density at radius 3 is 2.43 bits per heavy atom. The molecule has 114 valence electrons. The summed E-state index contributed by atoms with van der Waals surface area (Å²) in [5, 5.41) is 4.05. The summed E-state index contributed by atoms with van der Waals surface area (Å²) < 4.78 is 55.2. The van der Waals surface area contributed by atoms with Crippen LogP contribution in [0.15, 0.2) is 17.0 Å². The fraction of sp³-hybridized carbons (Fsp3) is 0.250. The van der Waals surface area contributed by atoms with Crippen LogP contribution in [-0.2, 0) is 17.1 Å². The molecule has 1 aromatic heterocycles. The van der Waals surface area contributed by atoms with Crippen molar-refractivity contribution < 1.29 is 17.2 Å². The molecule has 3 N–H and O–H groups in total. The predicted octanol–water partition coefficient (Wildman–Crippen LogP) is 1.70. The topological polar surface area (TPSA) is 90.0 Å². The van der Waals surface area contributed by atoms with Gasteiger partial charge in [-0.2, -0.15) is 5.10 Å². The molecule has 0 radical (unpaired) electrons. The van der Waals surface area contributed by atoms with Crippen LogP contribution in [0.4, 0.5) is 20.2 Å². The van der Waals surface area contributed by atoms with E-state index in [0.29, 0.717) is 11.4 Å². The van der Waals surface area contributed by atoms with Crippen molar-refractivity contribution in [1.29, 1.82) is 0 Å². The van der Waals surface area contributed by atoms with Crippen LogP contribution in [0.25, 0.3) is 0 Å². The van der Waals surface area contributed by atoms with Crippen molar-refractivity contribution in [1.82, 2.24) is 9.78 Å². The minimum Gasteiger partial charge on any atom is -0.394 e. The van der Waals surface area contributed by atoms with Gasteiger partial charge in [0.15, 0.2) is 5.82 Å². The van der Waals surface area contributed by atoms with E-state index in [9.17, 15) is 17.2 Å². The normalized spacial score (nSPS) is 11.7. The zero-order chi connectivity index (χ0) is 15.9.